The van der Waals surface area contributed by atoms with Gasteiger partial charge in [-0.05, 0) is 44.4 Å². The number of carbonyl (C=O) groups excluding carboxylic acids is 3. The van der Waals surface area contributed by atoms with Gasteiger partial charge in [0.25, 0.3) is 0 Å². The van der Waals surface area contributed by atoms with Crippen molar-refractivity contribution in [2.75, 3.05) is 6.54 Å². The number of rotatable bonds is 15. The highest BCUT2D eigenvalue weighted by molar-refractivity contribution is 5.94. The maximum Gasteiger partial charge on any atom is 0.326 e. The summed E-state index contributed by atoms with van der Waals surface area (Å²) < 4.78 is 0. The number of phenols is 1. The van der Waals surface area contributed by atoms with Gasteiger partial charge in [0.1, 0.15) is 29.9 Å². The van der Waals surface area contributed by atoms with Crippen molar-refractivity contribution < 1.29 is 39.6 Å². The lowest BCUT2D eigenvalue weighted by atomic mass is 10.0. The van der Waals surface area contributed by atoms with Crippen molar-refractivity contribution >= 4 is 29.7 Å². The monoisotopic (exact) mass is 539 g/mol. The Hall–Kier alpha value is -3.95. The lowest BCUT2D eigenvalue weighted by Gasteiger charge is -2.27. The number of phenolic OH excluding ortho intramolecular Hbond substituents is 1. The molecule has 0 bridgehead atoms. The minimum Gasteiger partial charge on any atom is -0.508 e. The minimum atomic E-state index is -1.58. The van der Waals surface area contributed by atoms with Gasteiger partial charge in [0, 0.05) is 13.0 Å². The van der Waals surface area contributed by atoms with Gasteiger partial charge >= 0.3 is 5.97 Å². The van der Waals surface area contributed by atoms with Crippen LogP contribution < -0.4 is 33.2 Å². The molecule has 6 atom stereocenters. The fourth-order valence-corrected chi connectivity index (χ4v) is 3.25. The molecule has 3 amide bonds. The third kappa shape index (κ3) is 11.0. The van der Waals surface area contributed by atoms with E-state index in [0.717, 1.165) is 0 Å². The van der Waals surface area contributed by atoms with E-state index >= 15 is 0 Å². The largest absolute Gasteiger partial charge is 0.508 e. The molecule has 0 saturated carbocycles. The van der Waals surface area contributed by atoms with Gasteiger partial charge in [-0.15, -0.1) is 0 Å². The van der Waals surface area contributed by atoms with E-state index in [1.165, 1.54) is 38.1 Å². The highest BCUT2D eigenvalue weighted by Gasteiger charge is 2.33. The van der Waals surface area contributed by atoms with Crippen molar-refractivity contribution in [1.29, 1.82) is 0 Å². The quantitative estimate of drug-likeness (QED) is 0.0596. The van der Waals surface area contributed by atoms with Crippen LogP contribution in [0.5, 0.6) is 5.75 Å². The molecule has 0 aliphatic carbocycles. The SMILES string of the molecule is CC(O)C(N)C(=O)NC(CCCN=C(N)N)C(=O)NC(C(=O)NC(Cc1ccc(O)cc1)C(=O)O)C(C)O. The number of guanidine groups is 1. The van der Waals surface area contributed by atoms with E-state index in [1.807, 2.05) is 0 Å². The number of aliphatic hydroxyl groups is 2. The predicted octanol–water partition coefficient (Wildman–Crippen LogP) is -3.38. The third-order valence-corrected chi connectivity index (χ3v) is 5.45. The smallest absolute Gasteiger partial charge is 0.326 e. The molecule has 15 nitrogen and oxygen atoms in total. The third-order valence-electron chi connectivity index (χ3n) is 5.45. The number of carbonyl (C=O) groups is 4. The number of aliphatic imine (C=N–C) groups is 1. The normalized spacial score (nSPS) is 15.6. The van der Waals surface area contributed by atoms with Crippen molar-refractivity contribution in [2.24, 2.45) is 22.2 Å². The lowest BCUT2D eigenvalue weighted by molar-refractivity contribution is -0.143. The molecule has 0 aliphatic rings. The molecular formula is C23H37N7O8. The molecule has 0 heterocycles. The molecule has 13 N–H and O–H groups in total. The zero-order chi connectivity index (χ0) is 29.0. The maximum atomic E-state index is 13.0. The average molecular weight is 540 g/mol. The molecule has 0 aliphatic heterocycles. The second-order valence-electron chi connectivity index (χ2n) is 8.77. The van der Waals surface area contributed by atoms with Gasteiger partial charge in [0.15, 0.2) is 5.96 Å². The molecule has 38 heavy (non-hydrogen) atoms. The Morgan fingerprint density at radius 2 is 1.47 bits per heavy atom. The fraction of sp³-hybridized carbons (Fsp3) is 0.522. The van der Waals surface area contributed by atoms with Crippen molar-refractivity contribution in [3.63, 3.8) is 0 Å². The molecule has 1 aromatic rings. The number of carboxylic acids is 1. The van der Waals surface area contributed by atoms with Crippen LogP contribution in [-0.4, -0.2) is 93.0 Å². The van der Waals surface area contributed by atoms with E-state index in [-0.39, 0.29) is 37.5 Å². The summed E-state index contributed by atoms with van der Waals surface area (Å²) in [5.74, 6) is -4.23. The number of aliphatic hydroxyl groups excluding tert-OH is 2. The van der Waals surface area contributed by atoms with Crippen LogP contribution in [0.3, 0.4) is 0 Å². The van der Waals surface area contributed by atoms with Crippen molar-refractivity contribution in [2.45, 2.75) is 69.5 Å². The molecule has 0 fully saturated rings. The number of aromatic hydroxyl groups is 1. The second kappa shape index (κ2) is 15.3. The van der Waals surface area contributed by atoms with Gasteiger partial charge in [-0.3, -0.25) is 19.4 Å². The van der Waals surface area contributed by atoms with Gasteiger partial charge < -0.3 is 53.6 Å². The molecule has 0 saturated heterocycles. The number of aliphatic carboxylic acids is 1. The predicted molar refractivity (Wildman–Crippen MR) is 136 cm³/mol. The summed E-state index contributed by atoms with van der Waals surface area (Å²) in [6.07, 6.45) is -2.55. The van der Waals surface area contributed by atoms with Crippen LogP contribution in [-0.2, 0) is 25.6 Å². The summed E-state index contributed by atoms with van der Waals surface area (Å²) in [5.41, 5.74) is 16.7. The second-order valence-corrected chi connectivity index (χ2v) is 8.77. The lowest BCUT2D eigenvalue weighted by Crippen LogP contribution is -2.60. The number of nitrogens with two attached hydrogens (primary N) is 3. The highest BCUT2D eigenvalue weighted by Crippen LogP contribution is 2.12. The van der Waals surface area contributed by atoms with Crippen LogP contribution >= 0.6 is 0 Å². The Bertz CT molecular complexity index is 980. The first-order valence-electron chi connectivity index (χ1n) is 11.8. The molecule has 212 valence electrons. The zero-order valence-electron chi connectivity index (χ0n) is 21.2. The average Bonchev–Trinajstić information content (AvgIpc) is 2.83. The maximum absolute atomic E-state index is 13.0. The van der Waals surface area contributed by atoms with Crippen molar-refractivity contribution in [1.82, 2.24) is 16.0 Å². The van der Waals surface area contributed by atoms with Gasteiger partial charge in [-0.2, -0.15) is 0 Å². The Morgan fingerprint density at radius 3 is 1.97 bits per heavy atom. The molecular weight excluding hydrogens is 502 g/mol. The summed E-state index contributed by atoms with van der Waals surface area (Å²) in [5, 5.41) is 45.7. The van der Waals surface area contributed by atoms with E-state index < -0.39 is 60.1 Å². The number of carboxylic acid groups (broad SMARTS) is 1. The topological polar surface area (TPSA) is 276 Å². The van der Waals surface area contributed by atoms with Crippen LogP contribution in [0.2, 0.25) is 0 Å². The summed E-state index contributed by atoms with van der Waals surface area (Å²) in [6.45, 7) is 2.64. The standard InChI is InChI=1S/C23H37N7O8/c1-11(31)17(24)20(35)28-15(4-3-9-27-23(25)26)19(34)30-18(12(2)32)21(36)29-16(22(37)38)10-13-5-7-14(33)8-6-13/h5-8,11-12,15-18,31-33H,3-4,9-10,24H2,1-2H3,(H,28,35)(H,29,36)(H,30,34)(H,37,38)(H4,25,26,27). The van der Waals surface area contributed by atoms with E-state index in [2.05, 4.69) is 20.9 Å². The number of amides is 3. The van der Waals surface area contributed by atoms with Crippen molar-refractivity contribution in [3.05, 3.63) is 29.8 Å². The van der Waals surface area contributed by atoms with Gasteiger partial charge in [0.2, 0.25) is 17.7 Å². The summed E-state index contributed by atoms with van der Waals surface area (Å²) in [4.78, 5) is 53.8. The van der Waals surface area contributed by atoms with E-state index in [4.69, 9.17) is 17.2 Å². The first kappa shape index (κ1) is 32.1. The van der Waals surface area contributed by atoms with Gasteiger partial charge in [0.05, 0.1) is 12.2 Å². The van der Waals surface area contributed by atoms with E-state index in [0.29, 0.717) is 5.56 Å². The number of nitrogens with zero attached hydrogens (tertiary/aromatic N) is 1. The first-order valence-corrected chi connectivity index (χ1v) is 11.8. The molecule has 0 spiro atoms. The zero-order valence-corrected chi connectivity index (χ0v) is 21.2. The summed E-state index contributed by atoms with van der Waals surface area (Å²) in [6, 6.07) is 0.117. The minimum absolute atomic E-state index is 0.00757. The molecule has 15 heteroatoms. The van der Waals surface area contributed by atoms with E-state index in [9.17, 15) is 39.6 Å². The Kier molecular flexibility index (Phi) is 12.9. The first-order chi connectivity index (χ1) is 17.7. The Balaban J connectivity index is 3.01. The van der Waals surface area contributed by atoms with Crippen LogP contribution in [0, 0.1) is 0 Å². The Labute approximate surface area is 219 Å². The van der Waals surface area contributed by atoms with Crippen molar-refractivity contribution in [3.8, 4) is 5.75 Å². The van der Waals surface area contributed by atoms with Crippen LogP contribution in [0.25, 0.3) is 0 Å². The number of hydrogen-bond acceptors (Lipinski definition) is 9. The molecule has 0 aromatic heterocycles. The summed E-state index contributed by atoms with van der Waals surface area (Å²) in [7, 11) is 0. The highest BCUT2D eigenvalue weighted by atomic mass is 16.4. The van der Waals surface area contributed by atoms with Crippen LogP contribution in [0.4, 0.5) is 0 Å². The number of nitrogens with one attached hydrogen (secondary N) is 3. The van der Waals surface area contributed by atoms with Gasteiger partial charge in [-0.25, -0.2) is 4.79 Å². The summed E-state index contributed by atoms with van der Waals surface area (Å²) >= 11 is 0. The molecule has 1 aromatic carbocycles. The molecule has 0 radical (unpaired) electrons. The number of hydrogen-bond donors (Lipinski definition) is 10. The molecule has 1 rings (SSSR count). The van der Waals surface area contributed by atoms with E-state index in [1.54, 1.807) is 0 Å². The number of benzene rings is 1. The Morgan fingerprint density at radius 1 is 0.895 bits per heavy atom. The van der Waals surface area contributed by atoms with Gasteiger partial charge in [-0.1, -0.05) is 12.1 Å². The molecule has 6 unspecified atom stereocenters. The fourth-order valence-electron chi connectivity index (χ4n) is 3.25. The van der Waals surface area contributed by atoms with Crippen LogP contribution in [0.1, 0.15) is 32.3 Å². The van der Waals surface area contributed by atoms with Crippen LogP contribution in [0.15, 0.2) is 29.3 Å².